The molecule has 0 bridgehead atoms. The highest BCUT2D eigenvalue weighted by Crippen LogP contribution is 2.21. The highest BCUT2D eigenvalue weighted by Gasteiger charge is 2.23. The predicted molar refractivity (Wildman–Crippen MR) is 85.5 cm³/mol. The van der Waals surface area contributed by atoms with Crippen molar-refractivity contribution < 1.29 is 0 Å². The van der Waals surface area contributed by atoms with Crippen LogP contribution in [-0.2, 0) is 6.54 Å². The molecule has 0 aliphatic heterocycles. The number of aromatic nitrogens is 2. The molecule has 112 valence electrons. The van der Waals surface area contributed by atoms with Crippen LogP contribution < -0.4 is 5.32 Å². The molecule has 0 amide bonds. The Balaban J connectivity index is 2.45. The van der Waals surface area contributed by atoms with Crippen LogP contribution in [0.2, 0.25) is 0 Å². The highest BCUT2D eigenvalue weighted by atomic mass is 79.9. The number of rotatable bonds is 7. The predicted octanol–water partition coefficient (Wildman–Crippen LogP) is 3.71. The Bertz CT molecular complexity index is 487. The van der Waals surface area contributed by atoms with Gasteiger partial charge >= 0.3 is 0 Å². The molecule has 0 fully saturated rings. The van der Waals surface area contributed by atoms with E-state index in [-0.39, 0.29) is 0 Å². The molecule has 1 rings (SSSR count). The van der Waals surface area contributed by atoms with Crippen LogP contribution in [0.25, 0.3) is 0 Å². The third-order valence-electron chi connectivity index (χ3n) is 3.44. The number of hydrogen-bond donors (Lipinski definition) is 1. The average Bonchev–Trinajstić information content (AvgIpc) is 2.61. The second-order valence-electron chi connectivity index (χ2n) is 5.91. The van der Waals surface area contributed by atoms with E-state index in [1.807, 2.05) is 18.5 Å². The van der Waals surface area contributed by atoms with Crippen molar-refractivity contribution in [1.29, 1.82) is 5.26 Å². The topological polar surface area (TPSA) is 53.6 Å². The lowest BCUT2D eigenvalue weighted by Crippen LogP contribution is -2.44. The number of nitrogens with zero attached hydrogens (tertiary/aromatic N) is 3. The van der Waals surface area contributed by atoms with Crippen molar-refractivity contribution in [2.45, 2.75) is 72.0 Å². The normalized spacial score (nSPS) is 14.3. The number of unbranched alkanes of at least 4 members (excludes halogenated alkanes) is 1. The lowest BCUT2D eigenvalue weighted by atomic mass is 9.95. The molecule has 4 nitrogen and oxygen atoms in total. The minimum atomic E-state index is -0.427. The maximum absolute atomic E-state index is 9.30. The van der Waals surface area contributed by atoms with E-state index in [0.717, 1.165) is 36.0 Å². The molecule has 0 aromatic carbocycles. The first-order valence-corrected chi connectivity index (χ1v) is 7.97. The molecule has 0 spiro atoms. The number of hydrogen-bond acceptors (Lipinski definition) is 3. The minimum absolute atomic E-state index is 0.326. The summed E-state index contributed by atoms with van der Waals surface area (Å²) in [5, 5.41) is 17.1. The second kappa shape index (κ2) is 7.24. The van der Waals surface area contributed by atoms with Crippen LogP contribution >= 0.6 is 15.9 Å². The molecule has 5 heteroatoms. The van der Waals surface area contributed by atoms with Crippen LogP contribution in [0.1, 0.15) is 51.4 Å². The standard InChI is InChI=1S/C15H25BrN4/c1-11(2)18-15(5,10-17)8-6-7-9-20-13(4)14(16)12(3)19-20/h11,18H,6-9H2,1-5H3. The third kappa shape index (κ3) is 4.60. The van der Waals surface area contributed by atoms with Gasteiger partial charge in [-0.2, -0.15) is 10.4 Å². The van der Waals surface area contributed by atoms with E-state index in [0.29, 0.717) is 6.04 Å². The zero-order valence-corrected chi connectivity index (χ0v) is 14.7. The van der Waals surface area contributed by atoms with E-state index in [1.165, 1.54) is 5.69 Å². The van der Waals surface area contributed by atoms with Gasteiger partial charge < -0.3 is 0 Å². The summed E-state index contributed by atoms with van der Waals surface area (Å²) in [5.74, 6) is 0. The fourth-order valence-electron chi connectivity index (χ4n) is 2.43. The van der Waals surface area contributed by atoms with Gasteiger partial charge in [0.1, 0.15) is 5.54 Å². The number of aryl methyl sites for hydroxylation is 2. The van der Waals surface area contributed by atoms with E-state index in [2.05, 4.69) is 53.2 Å². The van der Waals surface area contributed by atoms with Gasteiger partial charge in [-0.15, -0.1) is 0 Å². The zero-order valence-electron chi connectivity index (χ0n) is 13.1. The molecule has 0 aliphatic carbocycles. The first kappa shape index (κ1) is 17.2. The molecule has 1 heterocycles. The second-order valence-corrected chi connectivity index (χ2v) is 6.70. The van der Waals surface area contributed by atoms with Gasteiger partial charge in [0.05, 0.1) is 16.2 Å². The molecule has 1 N–H and O–H groups in total. The van der Waals surface area contributed by atoms with E-state index < -0.39 is 5.54 Å². The Morgan fingerprint density at radius 2 is 2.05 bits per heavy atom. The smallest absolute Gasteiger partial charge is 0.104 e. The highest BCUT2D eigenvalue weighted by molar-refractivity contribution is 9.10. The molecule has 0 aliphatic rings. The van der Waals surface area contributed by atoms with Crippen molar-refractivity contribution in [2.75, 3.05) is 0 Å². The number of nitrogens with one attached hydrogen (secondary N) is 1. The molecule has 1 atom stereocenters. The molecule has 1 aromatic rings. The fraction of sp³-hybridized carbons (Fsp3) is 0.733. The van der Waals surface area contributed by atoms with Crippen LogP contribution in [0.15, 0.2) is 4.47 Å². The van der Waals surface area contributed by atoms with Crippen LogP contribution in [-0.4, -0.2) is 21.4 Å². The largest absolute Gasteiger partial charge is 0.297 e. The van der Waals surface area contributed by atoms with Gasteiger partial charge in [-0.1, -0.05) is 0 Å². The summed E-state index contributed by atoms with van der Waals surface area (Å²) in [6.45, 7) is 11.1. The van der Waals surface area contributed by atoms with Crippen molar-refractivity contribution in [1.82, 2.24) is 15.1 Å². The van der Waals surface area contributed by atoms with Gasteiger partial charge in [0, 0.05) is 18.3 Å². The molecule has 1 unspecified atom stereocenters. The quantitative estimate of drug-likeness (QED) is 0.769. The first-order chi connectivity index (χ1) is 9.29. The molecule has 1 aromatic heterocycles. The van der Waals surface area contributed by atoms with Gasteiger partial charge in [-0.05, 0) is 69.8 Å². The van der Waals surface area contributed by atoms with Crippen molar-refractivity contribution in [3.63, 3.8) is 0 Å². The average molecular weight is 341 g/mol. The van der Waals surface area contributed by atoms with Gasteiger partial charge in [0.25, 0.3) is 0 Å². The molecular formula is C15H25BrN4. The van der Waals surface area contributed by atoms with Crippen molar-refractivity contribution in [2.24, 2.45) is 0 Å². The third-order valence-corrected chi connectivity index (χ3v) is 4.59. The summed E-state index contributed by atoms with van der Waals surface area (Å²) in [6, 6.07) is 2.72. The summed E-state index contributed by atoms with van der Waals surface area (Å²) in [6.07, 6.45) is 2.91. The van der Waals surface area contributed by atoms with E-state index in [9.17, 15) is 5.26 Å². The molecular weight excluding hydrogens is 316 g/mol. The maximum atomic E-state index is 9.30. The summed E-state index contributed by atoms with van der Waals surface area (Å²) >= 11 is 3.54. The summed E-state index contributed by atoms with van der Waals surface area (Å²) in [4.78, 5) is 0. The Morgan fingerprint density at radius 3 is 2.50 bits per heavy atom. The van der Waals surface area contributed by atoms with Crippen LogP contribution in [0, 0.1) is 25.2 Å². The summed E-state index contributed by atoms with van der Waals surface area (Å²) < 4.78 is 3.14. The lowest BCUT2D eigenvalue weighted by Gasteiger charge is -2.25. The molecule has 0 radical (unpaired) electrons. The first-order valence-electron chi connectivity index (χ1n) is 7.17. The van der Waals surface area contributed by atoms with Crippen LogP contribution in [0.3, 0.4) is 0 Å². The van der Waals surface area contributed by atoms with Gasteiger partial charge in [-0.25, -0.2) is 0 Å². The number of halogens is 1. The Hall–Kier alpha value is -0.860. The number of nitriles is 1. The van der Waals surface area contributed by atoms with Crippen LogP contribution in [0.4, 0.5) is 0 Å². The van der Waals surface area contributed by atoms with Gasteiger partial charge in [-0.3, -0.25) is 10.00 Å². The maximum Gasteiger partial charge on any atom is 0.104 e. The Morgan fingerprint density at radius 1 is 1.40 bits per heavy atom. The molecule has 0 saturated carbocycles. The molecule has 20 heavy (non-hydrogen) atoms. The summed E-state index contributed by atoms with van der Waals surface area (Å²) in [7, 11) is 0. The fourth-order valence-corrected chi connectivity index (χ4v) is 2.71. The Labute approximate surface area is 130 Å². The lowest BCUT2D eigenvalue weighted by molar-refractivity contribution is 0.363. The monoisotopic (exact) mass is 340 g/mol. The van der Waals surface area contributed by atoms with E-state index in [1.54, 1.807) is 0 Å². The van der Waals surface area contributed by atoms with Crippen molar-refractivity contribution >= 4 is 15.9 Å². The van der Waals surface area contributed by atoms with E-state index in [4.69, 9.17) is 0 Å². The van der Waals surface area contributed by atoms with Crippen molar-refractivity contribution in [3.05, 3.63) is 15.9 Å². The van der Waals surface area contributed by atoms with Crippen LogP contribution in [0.5, 0.6) is 0 Å². The Kier molecular flexibility index (Phi) is 6.22. The summed E-state index contributed by atoms with van der Waals surface area (Å²) in [5.41, 5.74) is 1.78. The minimum Gasteiger partial charge on any atom is -0.297 e. The zero-order chi connectivity index (χ0) is 15.3. The van der Waals surface area contributed by atoms with Gasteiger partial charge in [0.2, 0.25) is 0 Å². The van der Waals surface area contributed by atoms with Crippen molar-refractivity contribution in [3.8, 4) is 6.07 Å². The van der Waals surface area contributed by atoms with Gasteiger partial charge in [0.15, 0.2) is 0 Å². The molecule has 0 saturated heterocycles. The van der Waals surface area contributed by atoms with E-state index >= 15 is 0 Å². The SMILES string of the molecule is Cc1nn(CCCCC(C)(C#N)NC(C)C)c(C)c1Br.